The van der Waals surface area contributed by atoms with Crippen LogP contribution in [0.5, 0.6) is 0 Å². The molecule has 0 spiro atoms. The van der Waals surface area contributed by atoms with Crippen LogP contribution in [0.2, 0.25) is 0 Å². The van der Waals surface area contributed by atoms with Crippen LogP contribution < -0.4 is 33.3 Å². The zero-order chi connectivity index (χ0) is 47.7. The minimum Gasteiger partial charge on any atom is -0.397 e. The van der Waals surface area contributed by atoms with Crippen molar-refractivity contribution in [1.29, 1.82) is 0 Å². The third-order valence-corrected chi connectivity index (χ3v) is 8.73. The summed E-state index contributed by atoms with van der Waals surface area (Å²) in [4.78, 5) is 74.4. The van der Waals surface area contributed by atoms with Gasteiger partial charge in [-0.3, -0.25) is 44.4 Å². The van der Waals surface area contributed by atoms with Gasteiger partial charge < -0.3 is 42.1 Å². The zero-order valence-electron chi connectivity index (χ0n) is 37.7. The van der Waals surface area contributed by atoms with Gasteiger partial charge in [-0.15, -0.1) is 0 Å². The number of nitrogens with one attached hydrogen (secondary N) is 3. The number of ether oxygens (including phenoxy) is 2. The third-order valence-electron chi connectivity index (χ3n) is 8.73. The van der Waals surface area contributed by atoms with E-state index in [1.165, 1.54) is 19.3 Å². The highest BCUT2D eigenvalue weighted by Gasteiger charge is 2.21. The molecule has 0 saturated heterocycles. The number of hydrogen-bond acceptors (Lipinski definition) is 13. The number of aldehydes is 1. The predicted molar refractivity (Wildman–Crippen MR) is 246 cm³/mol. The number of carbonyl (C=O) groups excluding carboxylic acids is 6. The number of rotatable bonds is 20. The highest BCUT2D eigenvalue weighted by molar-refractivity contribution is 6.06. The number of halogens is 1. The van der Waals surface area contributed by atoms with Crippen molar-refractivity contribution < 1.29 is 42.6 Å². The number of unbranched alkanes of at least 4 members (excludes halogenated alkanes) is 1. The Labute approximate surface area is 370 Å². The molecule has 17 nitrogen and oxygen atoms in total. The number of primary amides is 1. The molecule has 0 saturated carbocycles. The normalized spacial score (nSPS) is 9.84. The van der Waals surface area contributed by atoms with Crippen LogP contribution in [0.1, 0.15) is 98.7 Å². The lowest BCUT2D eigenvalue weighted by Gasteiger charge is -2.21. The molecule has 4 rings (SSSR count). The second-order valence-corrected chi connectivity index (χ2v) is 12.8. The van der Waals surface area contributed by atoms with Crippen LogP contribution >= 0.6 is 0 Å². The summed E-state index contributed by atoms with van der Waals surface area (Å²) in [6.45, 7) is 15.7. The van der Waals surface area contributed by atoms with Gasteiger partial charge in [-0.05, 0) is 55.3 Å². The van der Waals surface area contributed by atoms with Crippen molar-refractivity contribution in [2.75, 3.05) is 63.3 Å². The standard InChI is InChI=1S/C39H49FN8O6.2C2H6.CH3NO.CH2O/c1-4-5-11-35(51)47-48(3)39(52)36-26(24-49)8-6-10-33(36)44-13-15-53-17-18-54-16-14-45-34(50)12-7-9-28-19-27-20-29(30-21-43-23-32(41)25(30)2)37(40)38(42)31(27)22-46-28;2*1-2;2-1-3;1-2/h6,8,10,19-24,44H,4-5,7,9,11-18,41-42H2,1-3H3,(H,45,50)(H,47,51);2*1-2H3;1H,(H2,2,3);1H2. The molecular weight excluding hydrogens is 814 g/mol. The molecule has 2 aromatic heterocycles. The van der Waals surface area contributed by atoms with E-state index in [0.717, 1.165) is 22.5 Å². The molecule has 0 unspecified atom stereocenters. The molecule has 0 aliphatic carbocycles. The maximum atomic E-state index is 15.2. The van der Waals surface area contributed by atoms with Gasteiger partial charge in [0.1, 0.15) is 6.79 Å². The Morgan fingerprint density at radius 1 is 0.889 bits per heavy atom. The number of benzene rings is 2. The molecule has 63 heavy (non-hydrogen) atoms. The van der Waals surface area contributed by atoms with Crippen molar-refractivity contribution in [3.05, 3.63) is 77.1 Å². The van der Waals surface area contributed by atoms with Crippen LogP contribution in [-0.4, -0.2) is 98.7 Å². The van der Waals surface area contributed by atoms with Crippen molar-refractivity contribution in [2.45, 2.75) is 80.1 Å². The maximum Gasteiger partial charge on any atom is 0.274 e. The maximum absolute atomic E-state index is 15.2. The van der Waals surface area contributed by atoms with Gasteiger partial charge in [0.15, 0.2) is 12.1 Å². The number of anilines is 3. The van der Waals surface area contributed by atoms with E-state index in [4.69, 9.17) is 30.5 Å². The quantitative estimate of drug-likeness (QED) is 0.0275. The zero-order valence-corrected chi connectivity index (χ0v) is 37.7. The smallest absolute Gasteiger partial charge is 0.274 e. The molecule has 0 aliphatic heterocycles. The first-order chi connectivity index (χ1) is 30.5. The Hall–Kier alpha value is -6.53. The van der Waals surface area contributed by atoms with Crippen molar-refractivity contribution in [3.63, 3.8) is 0 Å². The van der Waals surface area contributed by atoms with Gasteiger partial charge in [0.05, 0.1) is 49.6 Å². The number of nitrogens with two attached hydrogens (primary N) is 3. The van der Waals surface area contributed by atoms with E-state index in [-0.39, 0.29) is 35.0 Å². The van der Waals surface area contributed by atoms with Gasteiger partial charge in [0.2, 0.25) is 18.2 Å². The van der Waals surface area contributed by atoms with E-state index < -0.39 is 11.7 Å². The second kappa shape index (κ2) is 33.1. The average molecular weight is 880 g/mol. The highest BCUT2D eigenvalue weighted by Crippen LogP contribution is 2.35. The van der Waals surface area contributed by atoms with Crippen molar-refractivity contribution >= 4 is 65.0 Å². The molecule has 4 aromatic rings. The molecule has 0 atom stereocenters. The summed E-state index contributed by atoms with van der Waals surface area (Å²) in [5.74, 6) is -1.45. The number of pyridine rings is 2. The summed E-state index contributed by atoms with van der Waals surface area (Å²) >= 11 is 0. The van der Waals surface area contributed by atoms with E-state index in [1.807, 2.05) is 47.5 Å². The third kappa shape index (κ3) is 19.0. The summed E-state index contributed by atoms with van der Waals surface area (Å²) in [6.07, 6.45) is 8.76. The fourth-order valence-electron chi connectivity index (χ4n) is 5.70. The number of nitrogens with zero attached hydrogens (tertiary/aromatic N) is 3. The molecular formula is C45H66FN9O8. The second-order valence-electron chi connectivity index (χ2n) is 12.8. The number of aryl methyl sites for hydroxylation is 1. The number of hydrogen-bond donors (Lipinski definition) is 6. The van der Waals surface area contributed by atoms with E-state index in [2.05, 4.69) is 31.8 Å². The van der Waals surface area contributed by atoms with Crippen LogP contribution in [0.15, 0.2) is 48.9 Å². The number of hydrazine groups is 1. The lowest BCUT2D eigenvalue weighted by Crippen LogP contribution is -2.43. The average Bonchev–Trinajstić information content (AvgIpc) is 3.30. The largest absolute Gasteiger partial charge is 0.397 e. The lowest BCUT2D eigenvalue weighted by atomic mass is 9.97. The van der Waals surface area contributed by atoms with E-state index in [1.54, 1.807) is 37.5 Å². The van der Waals surface area contributed by atoms with Crippen LogP contribution in [0, 0.1) is 12.7 Å². The lowest BCUT2D eigenvalue weighted by molar-refractivity contribution is -0.124. The fourth-order valence-corrected chi connectivity index (χ4v) is 5.70. The molecule has 0 fully saturated rings. The van der Waals surface area contributed by atoms with Crippen LogP contribution in [-0.2, 0) is 35.1 Å². The van der Waals surface area contributed by atoms with Gasteiger partial charge >= 0.3 is 0 Å². The van der Waals surface area contributed by atoms with Crippen molar-refractivity contribution in [3.8, 4) is 11.1 Å². The molecule has 4 amide bonds. The molecule has 2 heterocycles. The van der Waals surface area contributed by atoms with Gasteiger partial charge in [0.25, 0.3) is 5.91 Å². The number of aromatic nitrogens is 2. The summed E-state index contributed by atoms with van der Waals surface area (Å²) in [5.41, 5.74) is 22.5. The number of fused-ring (bicyclic) bond motifs is 1. The Bertz CT molecular complexity index is 2020. The fraction of sp³-hybridized carbons (Fsp3) is 0.422. The van der Waals surface area contributed by atoms with Crippen LogP contribution in [0.3, 0.4) is 0 Å². The van der Waals surface area contributed by atoms with Gasteiger partial charge in [0, 0.05) is 78.8 Å². The summed E-state index contributed by atoms with van der Waals surface area (Å²) < 4.78 is 26.4. The SMILES string of the molecule is C=O.CC.CC.CCCCC(=O)NN(C)C(=O)c1c(C=O)cccc1NCCOCCOCCNC(=O)CCCc1cc2cc(-c3cncc(N)c3C)c(F)c(N)c2cn1.NC=O. The highest BCUT2D eigenvalue weighted by atomic mass is 19.1. The molecule has 2 aromatic carbocycles. The number of nitrogen functional groups attached to an aromatic ring is 2. The van der Waals surface area contributed by atoms with Gasteiger partial charge in [-0.1, -0.05) is 53.2 Å². The minimum absolute atomic E-state index is 0.00511. The van der Waals surface area contributed by atoms with Crippen molar-refractivity contribution in [1.82, 2.24) is 25.7 Å². The predicted octanol–water partition coefficient (Wildman–Crippen LogP) is 5.57. The molecule has 0 aliphatic rings. The molecule has 9 N–H and O–H groups in total. The Morgan fingerprint density at radius 3 is 2.16 bits per heavy atom. The molecule has 0 bridgehead atoms. The first-order valence-corrected chi connectivity index (χ1v) is 20.8. The first kappa shape index (κ1) is 56.5. The van der Waals surface area contributed by atoms with Crippen LogP contribution in [0.4, 0.5) is 21.5 Å². The molecule has 346 valence electrons. The minimum atomic E-state index is -0.548. The number of carbonyl (C=O) groups is 6. The molecule has 18 heteroatoms. The summed E-state index contributed by atoms with van der Waals surface area (Å²) in [7, 11) is 1.44. The van der Waals surface area contributed by atoms with Gasteiger partial charge in [-0.2, -0.15) is 0 Å². The van der Waals surface area contributed by atoms with E-state index in [0.29, 0.717) is 111 Å². The van der Waals surface area contributed by atoms with E-state index >= 15 is 4.39 Å². The first-order valence-electron chi connectivity index (χ1n) is 20.8. The Kier molecular flexibility index (Phi) is 29.7. The van der Waals surface area contributed by atoms with E-state index in [9.17, 15) is 19.2 Å². The van der Waals surface area contributed by atoms with Gasteiger partial charge in [-0.25, -0.2) is 4.39 Å². The summed E-state index contributed by atoms with van der Waals surface area (Å²) in [6, 6.07) is 8.46. The topological polar surface area (TPSA) is 264 Å². The Balaban J connectivity index is 0.00000398. The summed E-state index contributed by atoms with van der Waals surface area (Å²) in [5, 5.41) is 8.29. The molecule has 0 radical (unpaired) electrons. The monoisotopic (exact) mass is 880 g/mol. The number of amides is 4. The van der Waals surface area contributed by atoms with Crippen LogP contribution in [0.25, 0.3) is 21.9 Å². The Morgan fingerprint density at radius 2 is 1.52 bits per heavy atom. The van der Waals surface area contributed by atoms with Crippen molar-refractivity contribution in [2.24, 2.45) is 5.73 Å².